The van der Waals surface area contributed by atoms with Gasteiger partial charge >= 0.3 is 5.97 Å². The van der Waals surface area contributed by atoms with Crippen molar-refractivity contribution in [3.05, 3.63) is 52.5 Å². The molecule has 100 valence electrons. The van der Waals surface area contributed by atoms with Crippen LogP contribution >= 0.6 is 27.7 Å². The van der Waals surface area contributed by atoms with Crippen molar-refractivity contribution in [2.45, 2.75) is 10.1 Å². The lowest BCUT2D eigenvalue weighted by atomic mass is 10.2. The SMILES string of the molecule is O=C(O)c1c(Br)cccc1Sc1nc2ccccc2o1. The number of para-hydroxylation sites is 2. The van der Waals surface area contributed by atoms with Crippen LogP contribution in [0.2, 0.25) is 0 Å². The highest BCUT2D eigenvalue weighted by molar-refractivity contribution is 9.10. The molecule has 3 rings (SSSR count). The summed E-state index contributed by atoms with van der Waals surface area (Å²) >= 11 is 4.44. The number of oxazole rings is 1. The number of rotatable bonds is 3. The minimum Gasteiger partial charge on any atom is -0.478 e. The Balaban J connectivity index is 2.02. The van der Waals surface area contributed by atoms with E-state index in [4.69, 9.17) is 4.42 Å². The van der Waals surface area contributed by atoms with Crippen molar-refractivity contribution in [1.29, 1.82) is 0 Å². The van der Waals surface area contributed by atoms with Crippen LogP contribution < -0.4 is 0 Å². The predicted octanol–water partition coefficient (Wildman–Crippen LogP) is 4.44. The normalized spacial score (nSPS) is 10.8. The fraction of sp³-hybridized carbons (Fsp3) is 0. The van der Waals surface area contributed by atoms with Crippen molar-refractivity contribution in [2.24, 2.45) is 0 Å². The summed E-state index contributed by atoms with van der Waals surface area (Å²) in [6, 6.07) is 12.6. The number of benzene rings is 2. The van der Waals surface area contributed by atoms with Gasteiger partial charge in [-0.25, -0.2) is 9.78 Å². The number of hydrogen-bond acceptors (Lipinski definition) is 4. The van der Waals surface area contributed by atoms with Gasteiger partial charge in [0.05, 0.1) is 5.56 Å². The van der Waals surface area contributed by atoms with E-state index in [1.807, 2.05) is 24.3 Å². The summed E-state index contributed by atoms with van der Waals surface area (Å²) in [6.07, 6.45) is 0. The molecule has 0 atom stereocenters. The molecule has 0 spiro atoms. The van der Waals surface area contributed by atoms with Crippen LogP contribution in [0.3, 0.4) is 0 Å². The lowest BCUT2D eigenvalue weighted by Crippen LogP contribution is -2.00. The molecule has 1 N–H and O–H groups in total. The Morgan fingerprint density at radius 2 is 2.00 bits per heavy atom. The number of nitrogens with zero attached hydrogens (tertiary/aromatic N) is 1. The van der Waals surface area contributed by atoms with E-state index in [0.717, 1.165) is 5.52 Å². The number of carboxylic acids is 1. The van der Waals surface area contributed by atoms with Gasteiger partial charge in [-0.05, 0) is 52.0 Å². The topological polar surface area (TPSA) is 63.3 Å². The molecule has 1 aromatic heterocycles. The van der Waals surface area contributed by atoms with E-state index in [9.17, 15) is 9.90 Å². The van der Waals surface area contributed by atoms with Crippen LogP contribution in [-0.2, 0) is 0 Å². The van der Waals surface area contributed by atoms with Gasteiger partial charge in [0.1, 0.15) is 5.52 Å². The van der Waals surface area contributed by atoms with Gasteiger partial charge in [0.15, 0.2) is 5.58 Å². The van der Waals surface area contributed by atoms with Crippen molar-refractivity contribution in [1.82, 2.24) is 4.98 Å². The smallest absolute Gasteiger partial charge is 0.338 e. The fourth-order valence-corrected chi connectivity index (χ4v) is 3.36. The number of aromatic nitrogens is 1. The molecular formula is C14H8BrNO3S. The first-order valence-corrected chi connectivity index (χ1v) is 7.31. The Kier molecular flexibility index (Phi) is 3.50. The number of carbonyl (C=O) groups is 1. The van der Waals surface area contributed by atoms with Gasteiger partial charge in [-0.1, -0.05) is 18.2 Å². The average molecular weight is 350 g/mol. The lowest BCUT2D eigenvalue weighted by molar-refractivity contribution is 0.0692. The lowest BCUT2D eigenvalue weighted by Gasteiger charge is -2.04. The maximum absolute atomic E-state index is 11.3. The molecule has 0 fully saturated rings. The molecule has 0 unspecified atom stereocenters. The van der Waals surface area contributed by atoms with E-state index in [2.05, 4.69) is 20.9 Å². The third kappa shape index (κ3) is 2.44. The summed E-state index contributed by atoms with van der Waals surface area (Å²) in [5, 5.41) is 9.69. The largest absolute Gasteiger partial charge is 0.478 e. The molecule has 0 aliphatic rings. The number of aromatic carboxylic acids is 1. The van der Waals surface area contributed by atoms with Crippen LogP contribution in [0.25, 0.3) is 11.1 Å². The average Bonchev–Trinajstić information content (AvgIpc) is 2.80. The van der Waals surface area contributed by atoms with Crippen LogP contribution in [0.1, 0.15) is 10.4 Å². The van der Waals surface area contributed by atoms with Gasteiger partial charge in [0.2, 0.25) is 0 Å². The van der Waals surface area contributed by atoms with Crippen LogP contribution in [0.4, 0.5) is 0 Å². The van der Waals surface area contributed by atoms with Crippen molar-refractivity contribution in [3.8, 4) is 0 Å². The third-order valence-corrected chi connectivity index (χ3v) is 4.23. The van der Waals surface area contributed by atoms with Crippen LogP contribution in [0, 0.1) is 0 Å². The molecular weight excluding hydrogens is 342 g/mol. The maximum Gasteiger partial charge on any atom is 0.338 e. The first-order chi connectivity index (χ1) is 9.65. The van der Waals surface area contributed by atoms with Gasteiger partial charge in [-0.15, -0.1) is 0 Å². The molecule has 0 saturated heterocycles. The van der Waals surface area contributed by atoms with Gasteiger partial charge in [-0.3, -0.25) is 0 Å². The quantitative estimate of drug-likeness (QED) is 0.757. The van der Waals surface area contributed by atoms with Gasteiger partial charge < -0.3 is 9.52 Å². The van der Waals surface area contributed by atoms with Gasteiger partial charge in [0.25, 0.3) is 5.22 Å². The molecule has 0 saturated carbocycles. The number of carboxylic acid groups (broad SMARTS) is 1. The molecule has 0 bridgehead atoms. The molecule has 0 aliphatic heterocycles. The summed E-state index contributed by atoms with van der Waals surface area (Å²) in [5.41, 5.74) is 1.64. The van der Waals surface area contributed by atoms with Crippen LogP contribution in [-0.4, -0.2) is 16.1 Å². The Morgan fingerprint density at radius 3 is 2.75 bits per heavy atom. The molecule has 0 radical (unpaired) electrons. The predicted molar refractivity (Wildman–Crippen MR) is 79.2 cm³/mol. The highest BCUT2D eigenvalue weighted by atomic mass is 79.9. The summed E-state index contributed by atoms with van der Waals surface area (Å²) in [5.74, 6) is -0.990. The minimum atomic E-state index is -0.990. The number of fused-ring (bicyclic) bond motifs is 1. The van der Waals surface area contributed by atoms with E-state index >= 15 is 0 Å². The minimum absolute atomic E-state index is 0.208. The third-order valence-electron chi connectivity index (χ3n) is 2.66. The highest BCUT2D eigenvalue weighted by Crippen LogP contribution is 2.34. The molecule has 2 aromatic carbocycles. The molecule has 3 aromatic rings. The fourth-order valence-electron chi connectivity index (χ4n) is 1.79. The second kappa shape index (κ2) is 5.30. The van der Waals surface area contributed by atoms with E-state index in [1.54, 1.807) is 18.2 Å². The van der Waals surface area contributed by atoms with Crippen molar-refractivity contribution >= 4 is 44.8 Å². The summed E-state index contributed by atoms with van der Waals surface area (Å²) in [4.78, 5) is 16.2. The summed E-state index contributed by atoms with van der Waals surface area (Å²) in [7, 11) is 0. The zero-order valence-electron chi connectivity index (χ0n) is 10.0. The second-order valence-corrected chi connectivity index (χ2v) is 5.82. The van der Waals surface area contributed by atoms with Crippen LogP contribution in [0.5, 0.6) is 0 Å². The highest BCUT2D eigenvalue weighted by Gasteiger charge is 2.17. The number of halogens is 1. The molecule has 1 heterocycles. The Hall–Kier alpha value is -1.79. The van der Waals surface area contributed by atoms with Crippen molar-refractivity contribution in [2.75, 3.05) is 0 Å². The maximum atomic E-state index is 11.3. The van der Waals surface area contributed by atoms with Crippen molar-refractivity contribution in [3.63, 3.8) is 0 Å². The monoisotopic (exact) mass is 349 g/mol. The Bertz CT molecular complexity index is 767. The Labute approximate surface area is 126 Å². The summed E-state index contributed by atoms with van der Waals surface area (Å²) in [6.45, 7) is 0. The second-order valence-electron chi connectivity index (χ2n) is 3.97. The van der Waals surface area contributed by atoms with E-state index < -0.39 is 5.97 Å². The summed E-state index contributed by atoms with van der Waals surface area (Å²) < 4.78 is 6.12. The van der Waals surface area contributed by atoms with Gasteiger partial charge in [0, 0.05) is 9.37 Å². The van der Waals surface area contributed by atoms with Crippen LogP contribution in [0.15, 0.2) is 61.5 Å². The standard InChI is InChI=1S/C14H8BrNO3S/c15-8-4-3-7-11(12(8)13(17)18)20-14-16-9-5-1-2-6-10(9)19-14/h1-7H,(H,17,18). The zero-order valence-corrected chi connectivity index (χ0v) is 12.4. The molecule has 0 aliphatic carbocycles. The first kappa shape index (κ1) is 13.2. The molecule has 6 heteroatoms. The molecule has 0 amide bonds. The van der Waals surface area contributed by atoms with E-state index in [1.165, 1.54) is 11.8 Å². The first-order valence-electron chi connectivity index (χ1n) is 5.70. The Morgan fingerprint density at radius 1 is 1.20 bits per heavy atom. The molecule has 4 nitrogen and oxygen atoms in total. The number of hydrogen-bond donors (Lipinski definition) is 1. The van der Waals surface area contributed by atoms with E-state index in [-0.39, 0.29) is 5.56 Å². The van der Waals surface area contributed by atoms with Crippen molar-refractivity contribution < 1.29 is 14.3 Å². The van der Waals surface area contributed by atoms with E-state index in [0.29, 0.717) is 20.2 Å². The molecule has 20 heavy (non-hydrogen) atoms. The van der Waals surface area contributed by atoms with Gasteiger partial charge in [-0.2, -0.15) is 0 Å². The zero-order chi connectivity index (χ0) is 14.1.